The number of carbonyl (C=O) groups is 2. The summed E-state index contributed by atoms with van der Waals surface area (Å²) >= 11 is 0. The van der Waals surface area contributed by atoms with Crippen LogP contribution in [0.25, 0.3) is 0 Å². The van der Waals surface area contributed by atoms with Gasteiger partial charge in [0.05, 0.1) is 0 Å². The van der Waals surface area contributed by atoms with Gasteiger partial charge in [0.2, 0.25) is 18.6 Å². The van der Waals surface area contributed by atoms with Gasteiger partial charge in [-0.05, 0) is 37.0 Å². The second-order valence-corrected chi connectivity index (χ2v) is 8.00. The van der Waals surface area contributed by atoms with Crippen molar-refractivity contribution in [1.29, 1.82) is 0 Å². The maximum atomic E-state index is 13.7. The van der Waals surface area contributed by atoms with Gasteiger partial charge in [0.1, 0.15) is 24.3 Å². The van der Waals surface area contributed by atoms with Crippen molar-refractivity contribution in [2.24, 2.45) is 0 Å². The van der Waals surface area contributed by atoms with Crippen molar-refractivity contribution < 1.29 is 23.8 Å². The van der Waals surface area contributed by atoms with Gasteiger partial charge in [-0.3, -0.25) is 9.59 Å². The highest BCUT2D eigenvalue weighted by Gasteiger charge is 2.57. The van der Waals surface area contributed by atoms with E-state index in [1.54, 1.807) is 11.0 Å². The number of hydrogen-bond donors (Lipinski definition) is 1. The molecule has 2 aromatic rings. The largest absolute Gasteiger partial charge is 0.491 e. The molecule has 3 heterocycles. The third-order valence-electron chi connectivity index (χ3n) is 6.42. The molecule has 1 unspecified atom stereocenters. The van der Waals surface area contributed by atoms with E-state index in [2.05, 4.69) is 5.32 Å². The molecule has 4 aliphatic rings. The number of benzene rings is 2. The fourth-order valence-corrected chi connectivity index (χ4v) is 4.69. The quantitative estimate of drug-likeness (QED) is 0.866. The molecule has 2 aromatic carbocycles. The maximum absolute atomic E-state index is 13.7. The minimum Gasteiger partial charge on any atom is -0.491 e. The number of fused-ring (bicyclic) bond motifs is 5. The van der Waals surface area contributed by atoms with E-state index in [4.69, 9.17) is 14.2 Å². The molecule has 1 saturated carbocycles. The number of carbonyl (C=O) groups excluding carboxylic acids is 2. The van der Waals surface area contributed by atoms with E-state index >= 15 is 0 Å². The molecular weight excluding hydrogens is 372 g/mol. The summed E-state index contributed by atoms with van der Waals surface area (Å²) in [6, 6.07) is 11.5. The van der Waals surface area contributed by atoms with Crippen LogP contribution >= 0.6 is 0 Å². The first-order valence-electron chi connectivity index (χ1n) is 9.94. The molecule has 0 bridgehead atoms. The van der Waals surface area contributed by atoms with Crippen LogP contribution in [0.4, 0.5) is 5.69 Å². The zero-order chi connectivity index (χ0) is 19.6. The zero-order valence-corrected chi connectivity index (χ0v) is 15.8. The van der Waals surface area contributed by atoms with Gasteiger partial charge >= 0.3 is 0 Å². The Balaban J connectivity index is 1.41. The number of amides is 2. The highest BCUT2D eigenvalue weighted by Crippen LogP contribution is 2.54. The average Bonchev–Trinajstić information content (AvgIpc) is 3.36. The number of nitrogens with one attached hydrogen (secondary N) is 1. The van der Waals surface area contributed by atoms with Gasteiger partial charge < -0.3 is 24.4 Å². The van der Waals surface area contributed by atoms with Gasteiger partial charge in [-0.1, -0.05) is 18.2 Å². The first-order valence-corrected chi connectivity index (χ1v) is 9.94. The normalized spacial score (nSPS) is 23.6. The molecule has 3 aliphatic heterocycles. The topological polar surface area (TPSA) is 77.1 Å². The first kappa shape index (κ1) is 16.7. The molecule has 29 heavy (non-hydrogen) atoms. The summed E-state index contributed by atoms with van der Waals surface area (Å²) in [4.78, 5) is 27.9. The second kappa shape index (κ2) is 5.89. The van der Waals surface area contributed by atoms with Gasteiger partial charge in [0, 0.05) is 23.4 Å². The lowest BCUT2D eigenvalue weighted by atomic mass is 9.77. The molecule has 1 spiro atoms. The third-order valence-corrected chi connectivity index (χ3v) is 6.42. The fourth-order valence-electron chi connectivity index (χ4n) is 4.69. The molecular formula is C22H20N2O5. The van der Waals surface area contributed by atoms with E-state index in [0.29, 0.717) is 17.2 Å². The molecule has 1 N–H and O–H groups in total. The summed E-state index contributed by atoms with van der Waals surface area (Å²) < 4.78 is 16.9. The number of hydrogen-bond acceptors (Lipinski definition) is 5. The number of ether oxygens (including phenoxy) is 3. The Kier molecular flexibility index (Phi) is 3.39. The highest BCUT2D eigenvalue weighted by atomic mass is 16.7. The Morgan fingerprint density at radius 3 is 2.66 bits per heavy atom. The maximum Gasteiger partial charge on any atom is 0.246 e. The summed E-state index contributed by atoms with van der Waals surface area (Å²) in [5.74, 6) is 1.59. The Hall–Kier alpha value is -3.22. The van der Waals surface area contributed by atoms with E-state index in [1.807, 2.05) is 30.3 Å². The molecule has 6 rings (SSSR count). The van der Waals surface area contributed by atoms with Crippen molar-refractivity contribution in [3.8, 4) is 17.2 Å². The molecule has 0 radical (unpaired) electrons. The summed E-state index contributed by atoms with van der Waals surface area (Å²) in [7, 11) is 0. The summed E-state index contributed by atoms with van der Waals surface area (Å²) in [6.07, 6.45) is 3.16. The van der Waals surface area contributed by atoms with Crippen LogP contribution in [0.3, 0.4) is 0 Å². The number of para-hydroxylation sites is 1. The Labute approximate surface area is 167 Å². The molecule has 1 fully saturated rings. The fraction of sp³-hybridized carbons (Fsp3) is 0.364. The lowest BCUT2D eigenvalue weighted by Gasteiger charge is -2.28. The lowest BCUT2D eigenvalue weighted by molar-refractivity contribution is -0.126. The van der Waals surface area contributed by atoms with Crippen molar-refractivity contribution in [3.63, 3.8) is 0 Å². The van der Waals surface area contributed by atoms with Gasteiger partial charge in [-0.15, -0.1) is 0 Å². The summed E-state index contributed by atoms with van der Waals surface area (Å²) in [5.41, 5.74) is 1.42. The highest BCUT2D eigenvalue weighted by molar-refractivity contribution is 6.13. The second-order valence-electron chi connectivity index (χ2n) is 8.00. The molecule has 2 amide bonds. The summed E-state index contributed by atoms with van der Waals surface area (Å²) in [5, 5.41) is 3.03. The molecule has 0 aromatic heterocycles. The number of anilines is 1. The standard InChI is InChI=1S/C22H20N2O5/c25-20(23-13-4-3-5-13)10-24-16-7-2-1-6-14(16)22(21(24)26)11-27-17-9-19-18(8-15(17)22)28-12-29-19/h1-2,6-9,13H,3-5,10-12H2,(H,23,25). The molecule has 148 valence electrons. The van der Waals surface area contributed by atoms with Gasteiger partial charge in [0.25, 0.3) is 0 Å². The van der Waals surface area contributed by atoms with Crippen LogP contribution in [0.5, 0.6) is 17.2 Å². The number of nitrogens with zero attached hydrogens (tertiary/aromatic N) is 1. The Morgan fingerprint density at radius 2 is 1.86 bits per heavy atom. The van der Waals surface area contributed by atoms with Gasteiger partial charge in [0.15, 0.2) is 11.5 Å². The predicted molar refractivity (Wildman–Crippen MR) is 103 cm³/mol. The van der Waals surface area contributed by atoms with Crippen molar-refractivity contribution in [2.75, 3.05) is 24.8 Å². The van der Waals surface area contributed by atoms with Crippen LogP contribution < -0.4 is 24.4 Å². The van der Waals surface area contributed by atoms with Crippen molar-refractivity contribution in [2.45, 2.75) is 30.7 Å². The number of rotatable bonds is 3. The minimum atomic E-state index is -0.969. The molecule has 0 saturated heterocycles. The van der Waals surface area contributed by atoms with E-state index in [9.17, 15) is 9.59 Å². The van der Waals surface area contributed by atoms with Crippen molar-refractivity contribution >= 4 is 17.5 Å². The van der Waals surface area contributed by atoms with Crippen LogP contribution in [-0.2, 0) is 15.0 Å². The van der Waals surface area contributed by atoms with Crippen LogP contribution in [0, 0.1) is 0 Å². The van der Waals surface area contributed by atoms with Crippen LogP contribution in [0.2, 0.25) is 0 Å². The molecule has 1 atom stereocenters. The van der Waals surface area contributed by atoms with E-state index in [-0.39, 0.29) is 37.8 Å². The third kappa shape index (κ3) is 2.24. The van der Waals surface area contributed by atoms with Crippen LogP contribution in [0.15, 0.2) is 36.4 Å². The molecule has 7 heteroatoms. The monoisotopic (exact) mass is 392 g/mol. The SMILES string of the molecule is O=C(CN1C(=O)C2(COc3cc4c(cc32)OCO4)c2ccccc21)NC1CCC1. The first-order chi connectivity index (χ1) is 14.2. The average molecular weight is 392 g/mol. The van der Waals surface area contributed by atoms with Crippen molar-refractivity contribution in [3.05, 3.63) is 47.5 Å². The van der Waals surface area contributed by atoms with Crippen LogP contribution in [-0.4, -0.2) is 37.8 Å². The van der Waals surface area contributed by atoms with Crippen molar-refractivity contribution in [1.82, 2.24) is 5.32 Å². The smallest absolute Gasteiger partial charge is 0.246 e. The van der Waals surface area contributed by atoms with E-state index < -0.39 is 5.41 Å². The van der Waals surface area contributed by atoms with Gasteiger partial charge in [-0.25, -0.2) is 0 Å². The summed E-state index contributed by atoms with van der Waals surface area (Å²) in [6.45, 7) is 0.360. The van der Waals surface area contributed by atoms with Gasteiger partial charge in [-0.2, -0.15) is 0 Å². The zero-order valence-electron chi connectivity index (χ0n) is 15.8. The van der Waals surface area contributed by atoms with E-state index in [1.165, 1.54) is 0 Å². The minimum absolute atomic E-state index is 0.00792. The van der Waals surface area contributed by atoms with E-state index in [0.717, 1.165) is 36.1 Å². The Bertz CT molecular complexity index is 1050. The lowest BCUT2D eigenvalue weighted by Crippen LogP contribution is -2.48. The molecule has 1 aliphatic carbocycles. The Morgan fingerprint density at radius 1 is 1.07 bits per heavy atom. The van der Waals surface area contributed by atoms with Crippen LogP contribution in [0.1, 0.15) is 30.4 Å². The predicted octanol–water partition coefficient (Wildman–Crippen LogP) is 2.11. The molecule has 7 nitrogen and oxygen atoms in total.